The van der Waals surface area contributed by atoms with E-state index in [0.717, 1.165) is 0 Å². The number of pyridine rings is 1. The van der Waals surface area contributed by atoms with E-state index in [9.17, 15) is 0 Å². The molecule has 0 unspecified atom stereocenters. The maximum absolute atomic E-state index is 2.60. The maximum Gasteiger partial charge on any atom is 0.290 e. The van der Waals surface area contributed by atoms with Crippen molar-refractivity contribution in [3.8, 4) is 5.82 Å². The Morgan fingerprint density at radius 2 is 0.750 bits per heavy atom. The van der Waals surface area contributed by atoms with Crippen LogP contribution in [0.25, 0.3) is 27.6 Å². The number of hydrogen-bond donors (Lipinski definition) is 0. The first-order chi connectivity index (χ1) is 14.8. The highest BCUT2D eigenvalue weighted by atomic mass is 15.1. The van der Waals surface area contributed by atoms with Gasteiger partial charge in [-0.25, -0.2) is 4.57 Å². The summed E-state index contributed by atoms with van der Waals surface area (Å²) in [5, 5.41) is 2.86. The Morgan fingerprint density at radius 1 is 0.406 bits per heavy atom. The predicted molar refractivity (Wildman–Crippen MR) is 139 cm³/mol. The molecular formula is C30H39N2+. The molecule has 168 valence electrons. The van der Waals surface area contributed by atoms with Crippen LogP contribution in [0.1, 0.15) is 66.9 Å². The zero-order chi connectivity index (χ0) is 24.0. The lowest BCUT2D eigenvalue weighted by Crippen LogP contribution is -2.39. The van der Waals surface area contributed by atoms with Crippen molar-refractivity contribution in [2.45, 2.75) is 83.1 Å². The number of rotatable bonds is 1. The fraction of sp³-hybridized carbons (Fsp3) is 0.433. The van der Waals surface area contributed by atoms with Crippen molar-refractivity contribution in [2.24, 2.45) is 7.05 Å². The lowest BCUT2D eigenvalue weighted by Gasteiger charge is -2.17. The van der Waals surface area contributed by atoms with E-state index in [2.05, 4.69) is 99.3 Å². The number of nitrogens with zero attached hydrogens (tertiary/aromatic N) is 2. The van der Waals surface area contributed by atoms with Crippen molar-refractivity contribution >= 4 is 21.8 Å². The highest BCUT2D eigenvalue weighted by Gasteiger charge is 2.31. The minimum absolute atomic E-state index is 1.29. The molecule has 0 saturated heterocycles. The quantitative estimate of drug-likeness (QED) is 0.282. The Morgan fingerprint density at radius 3 is 1.16 bits per heavy atom. The molecule has 0 atom stereocenters. The van der Waals surface area contributed by atoms with Crippen LogP contribution in [0.3, 0.4) is 0 Å². The van der Waals surface area contributed by atoms with E-state index in [1.807, 2.05) is 0 Å². The highest BCUT2D eigenvalue weighted by molar-refractivity contribution is 6.15. The monoisotopic (exact) mass is 427 g/mol. The van der Waals surface area contributed by atoms with Gasteiger partial charge in [-0.3, -0.25) is 0 Å². The third kappa shape index (κ3) is 2.62. The Hall–Kier alpha value is -2.61. The number of hydrogen-bond acceptors (Lipinski definition) is 0. The van der Waals surface area contributed by atoms with Gasteiger partial charge < -0.3 is 0 Å². The van der Waals surface area contributed by atoms with E-state index in [-0.39, 0.29) is 0 Å². The van der Waals surface area contributed by atoms with Crippen LogP contribution < -0.4 is 4.57 Å². The third-order valence-corrected chi connectivity index (χ3v) is 9.04. The van der Waals surface area contributed by atoms with Crippen LogP contribution in [-0.2, 0) is 7.05 Å². The zero-order valence-corrected chi connectivity index (χ0v) is 22.4. The molecule has 2 nitrogen and oxygen atoms in total. The first kappa shape index (κ1) is 22.6. The molecule has 0 bridgehead atoms. The molecular weight excluding hydrogens is 388 g/mol. The fourth-order valence-corrected chi connectivity index (χ4v) is 5.78. The van der Waals surface area contributed by atoms with Crippen molar-refractivity contribution in [1.82, 2.24) is 4.57 Å². The van der Waals surface area contributed by atoms with Crippen molar-refractivity contribution in [1.29, 1.82) is 0 Å². The van der Waals surface area contributed by atoms with Gasteiger partial charge >= 0.3 is 0 Å². The van der Waals surface area contributed by atoms with Crippen LogP contribution in [-0.4, -0.2) is 4.57 Å². The minimum atomic E-state index is 1.29. The van der Waals surface area contributed by atoms with Crippen LogP contribution in [0, 0.1) is 83.1 Å². The number of aromatic nitrogens is 2. The molecule has 0 N–H and O–H groups in total. The molecule has 4 rings (SSSR count). The van der Waals surface area contributed by atoms with Gasteiger partial charge in [-0.2, -0.15) is 4.57 Å². The average Bonchev–Trinajstić information content (AvgIpc) is 3.12. The van der Waals surface area contributed by atoms with E-state index < -0.39 is 0 Å². The number of aryl methyl sites for hydroxylation is 4. The van der Waals surface area contributed by atoms with Crippen LogP contribution in [0.5, 0.6) is 0 Å². The van der Waals surface area contributed by atoms with Crippen molar-refractivity contribution in [3.63, 3.8) is 0 Å². The predicted octanol–water partition coefficient (Wildman–Crippen LogP) is 7.31. The lowest BCUT2D eigenvalue weighted by atomic mass is 9.90. The molecule has 0 saturated carbocycles. The van der Waals surface area contributed by atoms with Gasteiger partial charge in [0.15, 0.2) is 0 Å². The Balaban J connectivity index is 2.50. The van der Waals surface area contributed by atoms with E-state index in [1.165, 1.54) is 94.5 Å². The second kappa shape index (κ2) is 7.20. The largest absolute Gasteiger partial charge is 0.290 e. The molecule has 0 amide bonds. The summed E-state index contributed by atoms with van der Waals surface area (Å²) in [6.07, 6.45) is 0. The van der Waals surface area contributed by atoms with E-state index in [0.29, 0.717) is 0 Å². The summed E-state index contributed by atoms with van der Waals surface area (Å²) in [5.41, 5.74) is 19.5. The van der Waals surface area contributed by atoms with Gasteiger partial charge in [0.05, 0.1) is 7.05 Å². The van der Waals surface area contributed by atoms with Gasteiger partial charge in [0.2, 0.25) is 0 Å². The molecule has 32 heavy (non-hydrogen) atoms. The number of benzene rings is 2. The Labute approximate surface area is 193 Å². The van der Waals surface area contributed by atoms with Crippen LogP contribution in [0.2, 0.25) is 0 Å². The summed E-state index contributed by atoms with van der Waals surface area (Å²) in [6, 6.07) is 0. The summed E-state index contributed by atoms with van der Waals surface area (Å²) in [5.74, 6) is 1.29. The first-order valence-corrected chi connectivity index (χ1v) is 11.8. The van der Waals surface area contributed by atoms with Gasteiger partial charge in [0, 0.05) is 27.5 Å². The van der Waals surface area contributed by atoms with E-state index in [4.69, 9.17) is 0 Å². The summed E-state index contributed by atoms with van der Waals surface area (Å²) in [4.78, 5) is 0. The van der Waals surface area contributed by atoms with Crippen molar-refractivity contribution in [3.05, 3.63) is 66.9 Å². The zero-order valence-electron chi connectivity index (χ0n) is 22.4. The smallest absolute Gasteiger partial charge is 0.233 e. The molecule has 2 heterocycles. The van der Waals surface area contributed by atoms with E-state index in [1.54, 1.807) is 0 Å². The normalized spacial score (nSPS) is 11.9. The number of fused-ring (bicyclic) bond motifs is 3. The van der Waals surface area contributed by atoms with E-state index >= 15 is 0 Å². The molecule has 2 aromatic carbocycles. The molecule has 4 aromatic rings. The molecule has 0 aliphatic carbocycles. The van der Waals surface area contributed by atoms with Gasteiger partial charge in [-0.05, 0) is 128 Å². The summed E-state index contributed by atoms with van der Waals surface area (Å²) in [7, 11) is 2.23. The molecule has 0 aliphatic heterocycles. The summed E-state index contributed by atoms with van der Waals surface area (Å²) >= 11 is 0. The second-order valence-electron chi connectivity index (χ2n) is 10.1. The summed E-state index contributed by atoms with van der Waals surface area (Å²) < 4.78 is 5.01. The van der Waals surface area contributed by atoms with Crippen LogP contribution in [0.4, 0.5) is 0 Å². The average molecular weight is 428 g/mol. The van der Waals surface area contributed by atoms with Gasteiger partial charge in [0.25, 0.3) is 5.82 Å². The molecule has 2 heteroatoms. The van der Waals surface area contributed by atoms with Gasteiger partial charge in [-0.1, -0.05) is 0 Å². The Kier molecular flexibility index (Phi) is 5.08. The molecule has 0 fully saturated rings. The lowest BCUT2D eigenvalue weighted by molar-refractivity contribution is -0.672. The van der Waals surface area contributed by atoms with Gasteiger partial charge in [0.1, 0.15) is 16.7 Å². The SMILES string of the molecule is Cc1c(C)c(C)[n+](C)c(-n2c3c(C)c(C)c(C)c(C)c3c3c(C)c(C)c(C)c(C)c32)c1C. The molecule has 0 radical (unpaired) electrons. The highest BCUT2D eigenvalue weighted by Crippen LogP contribution is 2.43. The topological polar surface area (TPSA) is 8.81 Å². The van der Waals surface area contributed by atoms with Crippen molar-refractivity contribution in [2.75, 3.05) is 0 Å². The summed E-state index contributed by atoms with van der Waals surface area (Å²) in [6.45, 7) is 27.5. The molecule has 0 aliphatic rings. The third-order valence-electron chi connectivity index (χ3n) is 9.04. The minimum Gasteiger partial charge on any atom is -0.233 e. The van der Waals surface area contributed by atoms with Crippen molar-refractivity contribution < 1.29 is 4.57 Å². The molecule has 0 spiro atoms. The Bertz CT molecular complexity index is 1370. The van der Waals surface area contributed by atoms with Gasteiger partial charge in [-0.15, -0.1) is 0 Å². The molecule has 2 aromatic heterocycles. The van der Waals surface area contributed by atoms with Crippen LogP contribution in [0.15, 0.2) is 0 Å². The first-order valence-electron chi connectivity index (χ1n) is 11.8. The fourth-order valence-electron chi connectivity index (χ4n) is 5.78. The maximum atomic E-state index is 2.60. The standard InChI is InChI=1S/C30H39N2/c1-14-16(3)22(9)28-26(20(14)7)27-21(8)15(2)17(4)23(10)29(27)32(28)30-24(11)18(5)19(6)25(12)31(30)13/h1-13H3/q+1. The van der Waals surface area contributed by atoms with Crippen LogP contribution >= 0.6 is 0 Å². The second-order valence-corrected chi connectivity index (χ2v) is 10.1.